The number of hydrogen-bond donors (Lipinski definition) is 1. The third-order valence-corrected chi connectivity index (χ3v) is 4.77. The molecular formula is C16H12BrClN2O3S. The summed E-state index contributed by atoms with van der Waals surface area (Å²) < 4.78 is 30.4. The summed E-state index contributed by atoms with van der Waals surface area (Å²) in [5.41, 5.74) is 0.568. The quantitative estimate of drug-likeness (QED) is 0.436. The Bertz CT molecular complexity index is 891. The molecule has 8 heteroatoms. The number of hydrazone groups is 1. The summed E-state index contributed by atoms with van der Waals surface area (Å²) in [5.74, 6) is 2.85. The van der Waals surface area contributed by atoms with Crippen molar-refractivity contribution in [2.75, 3.05) is 6.61 Å². The molecule has 0 saturated carbocycles. The van der Waals surface area contributed by atoms with Crippen LogP contribution in [-0.4, -0.2) is 21.2 Å². The van der Waals surface area contributed by atoms with Crippen molar-refractivity contribution in [1.29, 1.82) is 0 Å². The Hall–Kier alpha value is -2.01. The molecule has 124 valence electrons. The van der Waals surface area contributed by atoms with Gasteiger partial charge in [-0.1, -0.05) is 33.5 Å². The summed E-state index contributed by atoms with van der Waals surface area (Å²) in [7, 11) is -3.78. The molecule has 1 N–H and O–H groups in total. The molecule has 2 aromatic rings. The molecule has 24 heavy (non-hydrogen) atoms. The average Bonchev–Trinajstić information content (AvgIpc) is 2.54. The lowest BCUT2D eigenvalue weighted by Gasteiger charge is -2.07. The van der Waals surface area contributed by atoms with Crippen molar-refractivity contribution in [3.63, 3.8) is 0 Å². The van der Waals surface area contributed by atoms with Crippen LogP contribution in [0, 0.1) is 12.3 Å². The van der Waals surface area contributed by atoms with Gasteiger partial charge in [-0.05, 0) is 42.5 Å². The Kier molecular flexibility index (Phi) is 6.26. The molecule has 0 aliphatic rings. The lowest BCUT2D eigenvalue weighted by atomic mass is 10.2. The minimum Gasteiger partial charge on any atom is -0.480 e. The summed E-state index contributed by atoms with van der Waals surface area (Å²) in [5, 5.41) is 4.22. The smallest absolute Gasteiger partial charge is 0.276 e. The van der Waals surface area contributed by atoms with Crippen LogP contribution >= 0.6 is 27.5 Å². The molecule has 0 saturated heterocycles. The van der Waals surface area contributed by atoms with Gasteiger partial charge in [0.05, 0.1) is 11.1 Å². The van der Waals surface area contributed by atoms with Gasteiger partial charge >= 0.3 is 0 Å². The number of benzene rings is 2. The molecule has 0 amide bonds. The molecular weight excluding hydrogens is 416 g/mol. The van der Waals surface area contributed by atoms with E-state index in [0.717, 1.165) is 4.47 Å². The lowest BCUT2D eigenvalue weighted by Crippen LogP contribution is -2.18. The Morgan fingerprint density at radius 1 is 1.29 bits per heavy atom. The number of halogens is 2. The molecule has 0 radical (unpaired) electrons. The van der Waals surface area contributed by atoms with E-state index >= 15 is 0 Å². The molecule has 0 unspecified atom stereocenters. The van der Waals surface area contributed by atoms with Gasteiger partial charge in [-0.2, -0.15) is 13.5 Å². The van der Waals surface area contributed by atoms with E-state index in [4.69, 9.17) is 22.8 Å². The van der Waals surface area contributed by atoms with E-state index in [1.165, 1.54) is 30.5 Å². The SMILES string of the molecule is C#CCOc1ccc(Br)cc1/C=N\NS(=O)(=O)c1ccc(Cl)cc1. The number of sulfonamides is 1. The van der Waals surface area contributed by atoms with Gasteiger partial charge in [-0.25, -0.2) is 4.83 Å². The summed E-state index contributed by atoms with van der Waals surface area (Å²) in [4.78, 5) is 2.19. The van der Waals surface area contributed by atoms with Gasteiger partial charge in [0.15, 0.2) is 0 Å². The molecule has 2 rings (SSSR count). The molecule has 0 heterocycles. The molecule has 0 atom stereocenters. The zero-order valence-electron chi connectivity index (χ0n) is 12.2. The van der Waals surface area contributed by atoms with Gasteiger partial charge in [0.25, 0.3) is 10.0 Å². The normalized spacial score (nSPS) is 11.2. The number of terminal acetylenes is 1. The van der Waals surface area contributed by atoms with E-state index in [1.807, 2.05) is 0 Å². The van der Waals surface area contributed by atoms with E-state index < -0.39 is 10.0 Å². The maximum absolute atomic E-state index is 12.1. The minimum atomic E-state index is -3.78. The lowest BCUT2D eigenvalue weighted by molar-refractivity contribution is 0.370. The van der Waals surface area contributed by atoms with Gasteiger partial charge in [0.1, 0.15) is 12.4 Å². The van der Waals surface area contributed by atoms with Crippen LogP contribution in [-0.2, 0) is 10.0 Å². The van der Waals surface area contributed by atoms with Gasteiger partial charge in [0.2, 0.25) is 0 Å². The van der Waals surface area contributed by atoms with E-state index in [2.05, 4.69) is 31.8 Å². The van der Waals surface area contributed by atoms with Crippen molar-refractivity contribution in [1.82, 2.24) is 4.83 Å². The van der Waals surface area contributed by atoms with Crippen LogP contribution in [0.2, 0.25) is 5.02 Å². The van der Waals surface area contributed by atoms with E-state index in [9.17, 15) is 8.42 Å². The predicted octanol–water partition coefficient (Wildman–Crippen LogP) is 3.43. The molecule has 0 aliphatic heterocycles. The molecule has 0 bridgehead atoms. The first-order valence-electron chi connectivity index (χ1n) is 6.58. The largest absolute Gasteiger partial charge is 0.480 e. The highest BCUT2D eigenvalue weighted by atomic mass is 79.9. The van der Waals surface area contributed by atoms with Gasteiger partial charge < -0.3 is 4.74 Å². The zero-order valence-corrected chi connectivity index (χ0v) is 15.4. The van der Waals surface area contributed by atoms with Crippen LogP contribution in [0.1, 0.15) is 5.56 Å². The number of ether oxygens (including phenoxy) is 1. The Morgan fingerprint density at radius 3 is 2.67 bits per heavy atom. The third kappa shape index (κ3) is 4.99. The molecule has 0 spiro atoms. The van der Waals surface area contributed by atoms with Crippen molar-refractivity contribution < 1.29 is 13.2 Å². The highest BCUT2D eigenvalue weighted by molar-refractivity contribution is 9.10. The topological polar surface area (TPSA) is 67.8 Å². The summed E-state index contributed by atoms with van der Waals surface area (Å²) in [6.07, 6.45) is 6.51. The van der Waals surface area contributed by atoms with Gasteiger partial charge in [-0.3, -0.25) is 0 Å². The average molecular weight is 428 g/mol. The second kappa shape index (κ2) is 8.20. The number of nitrogens with zero attached hydrogens (tertiary/aromatic N) is 1. The second-order valence-corrected chi connectivity index (χ2v) is 7.49. The van der Waals surface area contributed by atoms with Crippen molar-refractivity contribution in [2.45, 2.75) is 4.90 Å². The summed E-state index contributed by atoms with van der Waals surface area (Å²) in [6.45, 7) is 0.0962. The highest BCUT2D eigenvalue weighted by Crippen LogP contribution is 2.22. The van der Waals surface area contributed by atoms with Crippen molar-refractivity contribution >= 4 is 43.8 Å². The van der Waals surface area contributed by atoms with E-state index in [0.29, 0.717) is 16.3 Å². The first kappa shape index (κ1) is 18.3. The maximum atomic E-state index is 12.1. The highest BCUT2D eigenvalue weighted by Gasteiger charge is 2.12. The van der Waals surface area contributed by atoms with Crippen LogP contribution in [0.5, 0.6) is 5.75 Å². The zero-order chi connectivity index (χ0) is 17.6. The fourth-order valence-corrected chi connectivity index (χ4v) is 3.00. The van der Waals surface area contributed by atoms with Crippen LogP contribution < -0.4 is 9.57 Å². The van der Waals surface area contributed by atoms with Crippen LogP contribution in [0.25, 0.3) is 0 Å². The third-order valence-electron chi connectivity index (χ3n) is 2.78. The Balaban J connectivity index is 2.18. The summed E-state index contributed by atoms with van der Waals surface area (Å²) in [6, 6.07) is 11.0. The molecule has 0 aromatic heterocycles. The number of rotatable bonds is 6. The number of nitrogens with one attached hydrogen (secondary N) is 1. The molecule has 2 aromatic carbocycles. The first-order valence-corrected chi connectivity index (χ1v) is 9.24. The Labute approximate surface area is 153 Å². The fraction of sp³-hybridized carbons (Fsp3) is 0.0625. The first-order chi connectivity index (χ1) is 11.4. The van der Waals surface area contributed by atoms with Crippen molar-refractivity contribution in [3.8, 4) is 18.1 Å². The maximum Gasteiger partial charge on any atom is 0.276 e. The summed E-state index contributed by atoms with van der Waals surface area (Å²) >= 11 is 9.07. The standard InChI is InChI=1S/C16H12BrClN2O3S/c1-2-9-23-16-8-3-13(17)10-12(16)11-19-20-24(21,22)15-6-4-14(18)5-7-15/h1,3-8,10-11,20H,9H2/b19-11-. The van der Waals surface area contributed by atoms with Gasteiger partial charge in [0, 0.05) is 15.1 Å². The number of hydrogen-bond acceptors (Lipinski definition) is 4. The molecule has 0 aliphatic carbocycles. The predicted molar refractivity (Wildman–Crippen MR) is 97.8 cm³/mol. The second-order valence-electron chi connectivity index (χ2n) is 4.48. The fourth-order valence-electron chi connectivity index (χ4n) is 1.70. The van der Waals surface area contributed by atoms with Crippen LogP contribution in [0.3, 0.4) is 0 Å². The van der Waals surface area contributed by atoms with E-state index in [1.54, 1.807) is 18.2 Å². The van der Waals surface area contributed by atoms with Crippen LogP contribution in [0.4, 0.5) is 0 Å². The monoisotopic (exact) mass is 426 g/mol. The van der Waals surface area contributed by atoms with Gasteiger partial charge in [-0.15, -0.1) is 6.42 Å². The molecule has 0 fully saturated rings. The van der Waals surface area contributed by atoms with Crippen molar-refractivity contribution in [3.05, 3.63) is 57.5 Å². The van der Waals surface area contributed by atoms with E-state index in [-0.39, 0.29) is 11.5 Å². The van der Waals surface area contributed by atoms with Crippen molar-refractivity contribution in [2.24, 2.45) is 5.10 Å². The van der Waals surface area contributed by atoms with Crippen LogP contribution in [0.15, 0.2) is 56.9 Å². The molecule has 5 nitrogen and oxygen atoms in total. The minimum absolute atomic E-state index is 0.0575. The Morgan fingerprint density at radius 2 is 2.00 bits per heavy atom.